The van der Waals surface area contributed by atoms with Crippen LogP contribution in [0.3, 0.4) is 0 Å². The van der Waals surface area contributed by atoms with Crippen molar-refractivity contribution < 1.29 is 23.9 Å². The first-order valence-electron chi connectivity index (χ1n) is 11.3. The largest absolute Gasteiger partial charge is 0.463 e. The number of ether oxygens (including phenoxy) is 2. The molecular weight excluding hydrogens is 380 g/mol. The maximum absolute atomic E-state index is 12.2. The number of hydrogen-bond acceptors (Lipinski definition) is 5. The summed E-state index contributed by atoms with van der Waals surface area (Å²) in [4.78, 5) is 34.9. The van der Waals surface area contributed by atoms with Gasteiger partial charge in [0.25, 0.3) is 0 Å². The molecule has 0 aromatic heterocycles. The molecule has 3 saturated carbocycles. The third-order valence-corrected chi connectivity index (χ3v) is 8.53. The lowest BCUT2D eigenvalue weighted by molar-refractivity contribution is -0.155. The zero-order valence-corrected chi connectivity index (χ0v) is 18.8. The Hall–Kier alpha value is -1.91. The number of fused-ring (bicyclic) bond motifs is 1. The molecule has 7 atom stereocenters. The van der Waals surface area contributed by atoms with Crippen LogP contribution < -0.4 is 0 Å². The van der Waals surface area contributed by atoms with E-state index in [1.54, 1.807) is 6.26 Å². The Morgan fingerprint density at radius 2 is 1.80 bits per heavy atom. The van der Waals surface area contributed by atoms with E-state index in [2.05, 4.69) is 26.5 Å². The number of esters is 2. The Bertz CT molecular complexity index is 740. The summed E-state index contributed by atoms with van der Waals surface area (Å²) in [6.45, 7) is 11.8. The van der Waals surface area contributed by atoms with E-state index >= 15 is 0 Å². The van der Waals surface area contributed by atoms with E-state index < -0.39 is 0 Å². The highest BCUT2D eigenvalue weighted by Crippen LogP contribution is 2.63. The molecule has 166 valence electrons. The van der Waals surface area contributed by atoms with Gasteiger partial charge in [0, 0.05) is 19.8 Å². The van der Waals surface area contributed by atoms with Gasteiger partial charge in [-0.2, -0.15) is 0 Å². The van der Waals surface area contributed by atoms with Gasteiger partial charge in [-0.25, -0.2) is 0 Å². The second-order valence-electron chi connectivity index (χ2n) is 10.1. The van der Waals surface area contributed by atoms with Gasteiger partial charge in [0.1, 0.15) is 12.4 Å². The van der Waals surface area contributed by atoms with Crippen molar-refractivity contribution in [3.8, 4) is 0 Å². The highest BCUT2D eigenvalue weighted by Gasteiger charge is 2.56. The van der Waals surface area contributed by atoms with Crippen molar-refractivity contribution in [2.45, 2.75) is 78.7 Å². The van der Waals surface area contributed by atoms with Crippen molar-refractivity contribution in [3.05, 3.63) is 24.5 Å². The molecule has 0 radical (unpaired) electrons. The minimum Gasteiger partial charge on any atom is -0.463 e. The number of allylic oxidation sites excluding steroid dienone is 2. The number of carbonyl (C=O) groups excluding carboxylic acids is 3. The molecule has 0 N–H and O–H groups in total. The van der Waals surface area contributed by atoms with E-state index in [9.17, 15) is 14.4 Å². The summed E-state index contributed by atoms with van der Waals surface area (Å²) in [5.41, 5.74) is 1.26. The second-order valence-corrected chi connectivity index (χ2v) is 10.1. The van der Waals surface area contributed by atoms with Gasteiger partial charge in [-0.1, -0.05) is 26.0 Å². The first-order chi connectivity index (χ1) is 14.1. The molecule has 3 aliphatic carbocycles. The van der Waals surface area contributed by atoms with Crippen molar-refractivity contribution in [2.24, 2.45) is 34.5 Å². The van der Waals surface area contributed by atoms with Crippen LogP contribution in [0.2, 0.25) is 0 Å². The summed E-state index contributed by atoms with van der Waals surface area (Å²) in [5, 5.41) is 0. The van der Waals surface area contributed by atoms with Crippen LogP contribution in [0, 0.1) is 34.5 Å². The molecule has 0 aromatic rings. The third-order valence-electron chi connectivity index (χ3n) is 8.53. The summed E-state index contributed by atoms with van der Waals surface area (Å²) in [5.74, 6) is 0.205. The quantitative estimate of drug-likeness (QED) is 0.273. The second kappa shape index (κ2) is 8.68. The number of aldehydes is 1. The molecule has 0 heterocycles. The van der Waals surface area contributed by atoms with Crippen LogP contribution in [0.5, 0.6) is 0 Å². The lowest BCUT2D eigenvalue weighted by Gasteiger charge is -2.55. The number of hydrogen-bond donors (Lipinski definition) is 0. The van der Waals surface area contributed by atoms with Gasteiger partial charge < -0.3 is 14.3 Å². The van der Waals surface area contributed by atoms with Gasteiger partial charge in [0.2, 0.25) is 0 Å². The summed E-state index contributed by atoms with van der Waals surface area (Å²) >= 11 is 0. The predicted molar refractivity (Wildman–Crippen MR) is 114 cm³/mol. The summed E-state index contributed by atoms with van der Waals surface area (Å²) in [7, 11) is 0. The topological polar surface area (TPSA) is 69.7 Å². The molecule has 30 heavy (non-hydrogen) atoms. The highest BCUT2D eigenvalue weighted by molar-refractivity contribution is 5.66. The lowest BCUT2D eigenvalue weighted by Crippen LogP contribution is -2.50. The van der Waals surface area contributed by atoms with Crippen LogP contribution in [0.25, 0.3) is 0 Å². The van der Waals surface area contributed by atoms with Crippen LogP contribution in [0.1, 0.15) is 72.6 Å². The zero-order chi connectivity index (χ0) is 22.1. The van der Waals surface area contributed by atoms with E-state index in [0.717, 1.165) is 44.8 Å². The van der Waals surface area contributed by atoms with E-state index in [4.69, 9.17) is 9.47 Å². The summed E-state index contributed by atoms with van der Waals surface area (Å²) in [6.07, 6.45) is 10.9. The van der Waals surface area contributed by atoms with Gasteiger partial charge in [0.05, 0.1) is 6.26 Å². The number of carbonyl (C=O) groups is 3. The van der Waals surface area contributed by atoms with Crippen LogP contribution >= 0.6 is 0 Å². The van der Waals surface area contributed by atoms with Crippen LogP contribution in [-0.2, 0) is 23.9 Å². The average molecular weight is 417 g/mol. The van der Waals surface area contributed by atoms with Crippen LogP contribution in [0.15, 0.2) is 24.5 Å². The summed E-state index contributed by atoms with van der Waals surface area (Å²) in [6, 6.07) is 0. The maximum atomic E-state index is 12.2. The van der Waals surface area contributed by atoms with Crippen molar-refractivity contribution in [3.63, 3.8) is 0 Å². The predicted octanol–water partition coefficient (Wildman–Crippen LogP) is 5.00. The van der Waals surface area contributed by atoms with Gasteiger partial charge in [-0.05, 0) is 79.6 Å². The van der Waals surface area contributed by atoms with E-state index in [1.807, 2.05) is 0 Å². The minimum atomic E-state index is -0.323. The van der Waals surface area contributed by atoms with E-state index in [1.165, 1.54) is 19.4 Å². The molecule has 3 fully saturated rings. The maximum Gasteiger partial charge on any atom is 0.307 e. The van der Waals surface area contributed by atoms with Crippen LogP contribution in [0.4, 0.5) is 0 Å². The molecular formula is C25H36O5. The Kier molecular flexibility index (Phi) is 6.59. The Labute approximate surface area is 180 Å². The smallest absolute Gasteiger partial charge is 0.307 e. The molecule has 0 aliphatic heterocycles. The lowest BCUT2D eigenvalue weighted by atomic mass is 9.49. The fourth-order valence-corrected chi connectivity index (χ4v) is 6.71. The molecule has 3 rings (SSSR count). The Balaban J connectivity index is 1.90. The van der Waals surface area contributed by atoms with Crippen molar-refractivity contribution in [1.29, 1.82) is 0 Å². The Morgan fingerprint density at radius 3 is 2.43 bits per heavy atom. The minimum absolute atomic E-state index is 0.101. The van der Waals surface area contributed by atoms with Crippen molar-refractivity contribution in [2.75, 3.05) is 0 Å². The van der Waals surface area contributed by atoms with Crippen LogP contribution in [-0.4, -0.2) is 24.3 Å². The molecule has 0 aromatic carbocycles. The first-order valence-corrected chi connectivity index (χ1v) is 11.3. The zero-order valence-electron chi connectivity index (χ0n) is 18.8. The highest BCUT2D eigenvalue weighted by atomic mass is 16.5. The first kappa shape index (κ1) is 22.8. The molecule has 3 unspecified atom stereocenters. The summed E-state index contributed by atoms with van der Waals surface area (Å²) < 4.78 is 10.6. The monoisotopic (exact) mass is 416 g/mol. The van der Waals surface area contributed by atoms with Gasteiger partial charge in [-0.3, -0.25) is 9.59 Å². The molecule has 0 bridgehead atoms. The molecule has 5 nitrogen and oxygen atoms in total. The van der Waals surface area contributed by atoms with Crippen molar-refractivity contribution >= 4 is 18.2 Å². The molecule has 0 amide bonds. The standard InChI is InChI=1S/C25H36O5/c1-16-6-7-22-21(10-13-29-17(2)27)23(9-12-24(16,22)4)25(5)11-8-20(30-18(3)28)14-19(25)15-26/h10,13,15,19-23H,1,6-9,11-12,14H2,2-5H3/b13-10+/t19-,20+,21?,22?,23?,24-,25+/m1/s1. The average Bonchev–Trinajstić information content (AvgIpc) is 2.98. The van der Waals surface area contributed by atoms with Gasteiger partial charge in [-0.15, -0.1) is 0 Å². The van der Waals surface area contributed by atoms with Gasteiger partial charge in [0.15, 0.2) is 0 Å². The Morgan fingerprint density at radius 1 is 1.07 bits per heavy atom. The fraction of sp³-hybridized carbons (Fsp3) is 0.720. The third kappa shape index (κ3) is 4.13. The van der Waals surface area contributed by atoms with E-state index in [0.29, 0.717) is 18.3 Å². The molecule has 0 saturated heterocycles. The molecule has 0 spiro atoms. The van der Waals surface area contributed by atoms with Crippen molar-refractivity contribution in [1.82, 2.24) is 0 Å². The normalized spacial score (nSPS) is 41.3. The molecule has 3 aliphatic rings. The fourth-order valence-electron chi connectivity index (χ4n) is 6.71. The SMILES string of the molecule is C=C1CCC2C(/C=C/OC(C)=O)C([C@@]3(C)CC[C@H](OC(C)=O)C[C@@H]3C=O)CC[C@]12C. The van der Waals surface area contributed by atoms with Gasteiger partial charge >= 0.3 is 11.9 Å². The number of rotatable bonds is 5. The van der Waals surface area contributed by atoms with E-state index in [-0.39, 0.29) is 40.7 Å². The molecule has 5 heteroatoms.